The Morgan fingerprint density at radius 2 is 1.79 bits per heavy atom. The first-order chi connectivity index (χ1) is 13.6. The molecule has 0 bridgehead atoms. The van der Waals surface area contributed by atoms with E-state index in [1.54, 1.807) is 12.1 Å². The number of nitrogens with two attached hydrogens (primary N) is 1. The normalized spacial score (nSPS) is 11.3. The second-order valence-electron chi connectivity index (χ2n) is 6.13. The highest BCUT2D eigenvalue weighted by molar-refractivity contribution is 5.92. The van der Waals surface area contributed by atoms with Crippen LogP contribution in [0.4, 0.5) is 10.1 Å². The van der Waals surface area contributed by atoms with E-state index in [-0.39, 0.29) is 18.4 Å². The van der Waals surface area contributed by atoms with Crippen LogP contribution in [0.3, 0.4) is 0 Å². The molecule has 144 valence electrons. The maximum atomic E-state index is 13.7. The molecule has 0 heterocycles. The Bertz CT molecular complexity index is 946. The van der Waals surface area contributed by atoms with Crippen molar-refractivity contribution in [1.82, 2.24) is 0 Å². The van der Waals surface area contributed by atoms with E-state index < -0.39 is 0 Å². The van der Waals surface area contributed by atoms with E-state index in [1.165, 1.54) is 13.2 Å². The maximum Gasteiger partial charge on any atom is 0.193 e. The smallest absolute Gasteiger partial charge is 0.193 e. The third kappa shape index (κ3) is 5.56. The van der Waals surface area contributed by atoms with Crippen molar-refractivity contribution in [3.8, 4) is 11.5 Å². The summed E-state index contributed by atoms with van der Waals surface area (Å²) in [7, 11) is 1.53. The summed E-state index contributed by atoms with van der Waals surface area (Å²) in [5, 5.41) is 3.04. The lowest BCUT2D eigenvalue weighted by Gasteiger charge is -2.09. The maximum absolute atomic E-state index is 13.7. The summed E-state index contributed by atoms with van der Waals surface area (Å²) in [6, 6.07) is 21.8. The van der Waals surface area contributed by atoms with Crippen molar-refractivity contribution in [1.29, 1.82) is 0 Å². The lowest BCUT2D eigenvalue weighted by Crippen LogP contribution is -2.22. The highest BCUT2D eigenvalue weighted by Crippen LogP contribution is 2.23. The molecule has 0 atom stereocenters. The number of nitrogens with zero attached hydrogens (tertiary/aromatic N) is 1. The van der Waals surface area contributed by atoms with Crippen LogP contribution in [-0.4, -0.2) is 13.1 Å². The molecular formula is C22H22FN3O2. The third-order valence-corrected chi connectivity index (χ3v) is 3.93. The Morgan fingerprint density at radius 1 is 1.00 bits per heavy atom. The minimum atomic E-state index is -0.295. The minimum absolute atomic E-state index is 0.214. The van der Waals surface area contributed by atoms with Gasteiger partial charge in [-0.3, -0.25) is 0 Å². The molecular weight excluding hydrogens is 357 g/mol. The molecule has 0 aliphatic heterocycles. The Kier molecular flexibility index (Phi) is 6.59. The van der Waals surface area contributed by atoms with Crippen molar-refractivity contribution in [2.75, 3.05) is 12.4 Å². The van der Waals surface area contributed by atoms with Crippen LogP contribution in [0.1, 0.15) is 11.1 Å². The van der Waals surface area contributed by atoms with Crippen molar-refractivity contribution < 1.29 is 13.9 Å². The highest BCUT2D eigenvalue weighted by atomic mass is 19.1. The minimum Gasteiger partial charge on any atom is -0.457 e. The first-order valence-electron chi connectivity index (χ1n) is 8.80. The fourth-order valence-corrected chi connectivity index (χ4v) is 2.62. The van der Waals surface area contributed by atoms with Gasteiger partial charge in [0.2, 0.25) is 0 Å². The molecule has 0 aliphatic rings. The van der Waals surface area contributed by atoms with Crippen LogP contribution in [0, 0.1) is 5.82 Å². The molecule has 6 heteroatoms. The first-order valence-corrected chi connectivity index (χ1v) is 8.80. The van der Waals surface area contributed by atoms with Crippen molar-refractivity contribution in [3.63, 3.8) is 0 Å². The number of benzene rings is 3. The predicted molar refractivity (Wildman–Crippen MR) is 109 cm³/mol. The number of halogens is 1. The highest BCUT2D eigenvalue weighted by Gasteiger charge is 2.04. The molecule has 0 amide bonds. The summed E-state index contributed by atoms with van der Waals surface area (Å²) in [6.07, 6.45) is 0. The van der Waals surface area contributed by atoms with Crippen molar-refractivity contribution in [3.05, 3.63) is 89.7 Å². The molecule has 3 aromatic rings. The number of hydrogen-bond donors (Lipinski definition) is 2. The zero-order valence-electron chi connectivity index (χ0n) is 15.6. The summed E-state index contributed by atoms with van der Waals surface area (Å²) >= 11 is 0. The number of methoxy groups -OCH3 is 1. The number of guanidine groups is 1. The third-order valence-electron chi connectivity index (χ3n) is 3.93. The summed E-state index contributed by atoms with van der Waals surface area (Å²) in [5.41, 5.74) is 8.08. The van der Waals surface area contributed by atoms with Crippen LogP contribution >= 0.6 is 0 Å². The lowest BCUT2D eigenvalue weighted by molar-refractivity contribution is 0.181. The average molecular weight is 379 g/mol. The first kappa shape index (κ1) is 19.4. The van der Waals surface area contributed by atoms with Gasteiger partial charge >= 0.3 is 0 Å². The SMILES string of the molecule is COCc1cc(CN=C(N)Nc2cccc(Oc3ccccc3)c2)ccc1F. The molecule has 0 spiro atoms. The average Bonchev–Trinajstić information content (AvgIpc) is 2.70. The number of rotatable bonds is 7. The van der Waals surface area contributed by atoms with Gasteiger partial charge in [0, 0.05) is 24.4 Å². The molecule has 3 aromatic carbocycles. The molecule has 3 N–H and O–H groups in total. The summed E-state index contributed by atoms with van der Waals surface area (Å²) in [5.74, 6) is 1.40. The van der Waals surface area contributed by atoms with E-state index in [9.17, 15) is 4.39 Å². The Balaban J connectivity index is 1.63. The zero-order valence-corrected chi connectivity index (χ0v) is 15.6. The van der Waals surface area contributed by atoms with E-state index in [1.807, 2.05) is 54.6 Å². The van der Waals surface area contributed by atoms with Crippen molar-refractivity contribution >= 4 is 11.6 Å². The van der Waals surface area contributed by atoms with Gasteiger partial charge in [-0.15, -0.1) is 0 Å². The van der Waals surface area contributed by atoms with Crippen LogP contribution in [0.15, 0.2) is 77.8 Å². The topological polar surface area (TPSA) is 68.9 Å². The van der Waals surface area contributed by atoms with E-state index in [4.69, 9.17) is 15.2 Å². The number of nitrogens with one attached hydrogen (secondary N) is 1. The fourth-order valence-electron chi connectivity index (χ4n) is 2.62. The number of aliphatic imine (C=N–C) groups is 1. The molecule has 3 rings (SSSR count). The van der Waals surface area contributed by atoms with Gasteiger partial charge in [-0.05, 0) is 42.0 Å². The zero-order chi connectivity index (χ0) is 19.8. The van der Waals surface area contributed by atoms with Gasteiger partial charge in [0.05, 0.1) is 13.2 Å². The van der Waals surface area contributed by atoms with E-state index in [2.05, 4.69) is 10.3 Å². The largest absolute Gasteiger partial charge is 0.457 e. The van der Waals surface area contributed by atoms with E-state index in [0.29, 0.717) is 17.9 Å². The molecule has 0 unspecified atom stereocenters. The Labute approximate surface area is 163 Å². The fraction of sp³-hybridized carbons (Fsp3) is 0.136. The standard InChI is InChI=1S/C22H22FN3O2/c1-27-15-17-12-16(10-11-21(17)23)14-25-22(24)26-18-6-5-9-20(13-18)28-19-7-3-2-4-8-19/h2-13H,14-15H2,1H3,(H3,24,25,26). The van der Waals surface area contributed by atoms with Crippen molar-refractivity contribution in [2.24, 2.45) is 10.7 Å². The second kappa shape index (κ2) is 9.53. The summed E-state index contributed by atoms with van der Waals surface area (Å²) in [6.45, 7) is 0.543. The molecule has 0 fully saturated rings. The van der Waals surface area contributed by atoms with Crippen molar-refractivity contribution in [2.45, 2.75) is 13.2 Å². The Morgan fingerprint density at radius 3 is 2.57 bits per heavy atom. The van der Waals surface area contributed by atoms with Crippen LogP contribution < -0.4 is 15.8 Å². The number of para-hydroxylation sites is 1. The predicted octanol–water partition coefficient (Wildman–Crippen LogP) is 4.69. The van der Waals surface area contributed by atoms with Crippen LogP contribution in [0.25, 0.3) is 0 Å². The second-order valence-corrected chi connectivity index (χ2v) is 6.13. The van der Waals surface area contributed by atoms with Gasteiger partial charge in [-0.1, -0.05) is 30.3 Å². The molecule has 0 saturated heterocycles. The molecule has 0 aromatic heterocycles. The molecule has 0 saturated carbocycles. The van der Waals surface area contributed by atoms with Gasteiger partial charge in [-0.25, -0.2) is 9.38 Å². The Hall–Kier alpha value is -3.38. The number of hydrogen-bond acceptors (Lipinski definition) is 3. The monoisotopic (exact) mass is 379 g/mol. The van der Waals surface area contributed by atoms with E-state index >= 15 is 0 Å². The molecule has 0 radical (unpaired) electrons. The van der Waals surface area contributed by atoms with Crippen LogP contribution in [0.5, 0.6) is 11.5 Å². The van der Waals surface area contributed by atoms with Crippen LogP contribution in [0.2, 0.25) is 0 Å². The van der Waals surface area contributed by atoms with Gasteiger partial charge < -0.3 is 20.5 Å². The quantitative estimate of drug-likeness (QED) is 0.462. The molecule has 28 heavy (non-hydrogen) atoms. The number of ether oxygens (including phenoxy) is 2. The van der Waals surface area contributed by atoms with E-state index in [0.717, 1.165) is 17.0 Å². The van der Waals surface area contributed by atoms with Crippen LogP contribution in [-0.2, 0) is 17.9 Å². The van der Waals surface area contributed by atoms with Gasteiger partial charge in [0.25, 0.3) is 0 Å². The molecule has 0 aliphatic carbocycles. The van der Waals surface area contributed by atoms with Gasteiger partial charge in [-0.2, -0.15) is 0 Å². The summed E-state index contributed by atoms with van der Waals surface area (Å²) in [4.78, 5) is 4.31. The summed E-state index contributed by atoms with van der Waals surface area (Å²) < 4.78 is 24.5. The lowest BCUT2D eigenvalue weighted by atomic mass is 10.1. The number of anilines is 1. The van der Waals surface area contributed by atoms with Gasteiger partial charge in [0.15, 0.2) is 5.96 Å². The molecule has 5 nitrogen and oxygen atoms in total. The van der Waals surface area contributed by atoms with Gasteiger partial charge in [0.1, 0.15) is 17.3 Å².